The van der Waals surface area contributed by atoms with Crippen LogP contribution in [0.2, 0.25) is 0 Å². The first kappa shape index (κ1) is 10.1. The van der Waals surface area contributed by atoms with Crippen LogP contribution in [0.3, 0.4) is 0 Å². The van der Waals surface area contributed by atoms with E-state index in [1.807, 2.05) is 25.4 Å². The van der Waals surface area contributed by atoms with Crippen LogP contribution in [0.4, 0.5) is 0 Å². The summed E-state index contributed by atoms with van der Waals surface area (Å²) in [5.41, 5.74) is 0. The van der Waals surface area contributed by atoms with Gasteiger partial charge in [-0.1, -0.05) is 30.2 Å². The van der Waals surface area contributed by atoms with Gasteiger partial charge in [0.2, 0.25) is 0 Å². The molecule has 2 nitrogen and oxygen atoms in total. The Bertz CT molecular complexity index is 116. The monoisotopic (exact) mass is 161 g/mol. The number of carbonyl (C=O) groups excluding carboxylic acids is 1. The number of ketones is 1. The van der Waals surface area contributed by atoms with Gasteiger partial charge in [0.05, 0.1) is 6.54 Å². The molecule has 1 aliphatic rings. The molecule has 0 amide bonds. The van der Waals surface area contributed by atoms with Crippen molar-refractivity contribution in [3.8, 4) is 0 Å². The molecule has 1 saturated heterocycles. The molecule has 0 N–H and O–H groups in total. The molecule has 1 heterocycles. The van der Waals surface area contributed by atoms with Crippen molar-refractivity contribution in [2.75, 3.05) is 13.1 Å². The number of hydrogen-bond donors (Lipinski definition) is 0. The van der Waals surface area contributed by atoms with Gasteiger partial charge in [0.25, 0.3) is 0 Å². The lowest BCUT2D eigenvalue weighted by Gasteiger charge is -2.01. The number of Topliss-reactive ketones (excluding diaryl/α,β-unsaturated/α-hetero) is 1. The van der Waals surface area contributed by atoms with E-state index in [2.05, 4.69) is 9.39 Å². The van der Waals surface area contributed by atoms with E-state index in [-0.39, 0.29) is 5.92 Å². The molecule has 1 fully saturated rings. The molecule has 0 bridgehead atoms. The average Bonchev–Trinajstić information content (AvgIpc) is 2.16. The normalized spacial score (nSPS) is 26.0. The third kappa shape index (κ3) is 2.76. The van der Waals surface area contributed by atoms with Crippen molar-refractivity contribution in [3.63, 3.8) is 0 Å². The Morgan fingerprint density at radius 3 is 2.20 bits per heavy atom. The topological polar surface area (TPSA) is 20.3 Å². The molecular formula is C7H16NOP. The van der Waals surface area contributed by atoms with Crippen LogP contribution in [-0.4, -0.2) is 23.5 Å². The molecule has 0 aromatic rings. The summed E-state index contributed by atoms with van der Waals surface area (Å²) in [5, 5.41) is 0. The molecule has 0 radical (unpaired) electrons. The summed E-state index contributed by atoms with van der Waals surface area (Å²) in [4.78, 5) is 10.7. The number of hydrogen-bond acceptors (Lipinski definition) is 2. The fourth-order valence-electron chi connectivity index (χ4n) is 0.874. The first-order valence-electron chi connectivity index (χ1n) is 3.72. The lowest BCUT2D eigenvalue weighted by molar-refractivity contribution is -0.119. The molecule has 10 heavy (non-hydrogen) atoms. The van der Waals surface area contributed by atoms with E-state index < -0.39 is 0 Å². The van der Waals surface area contributed by atoms with Crippen molar-refractivity contribution in [2.24, 2.45) is 5.92 Å². The molecule has 1 rings (SSSR count). The molecule has 0 aliphatic carbocycles. The lowest BCUT2D eigenvalue weighted by Crippen LogP contribution is -2.05. The minimum atomic E-state index is 0.257. The predicted octanol–water partition coefficient (Wildman–Crippen LogP) is 1.32. The fraction of sp³-hybridized carbons (Fsp3) is 0.857. The number of carbonyl (C=O) groups is 1. The number of nitrogens with zero attached hydrogens (tertiary/aromatic N) is 1. The van der Waals surface area contributed by atoms with Crippen LogP contribution < -0.4 is 0 Å². The molecule has 2 unspecified atom stereocenters. The van der Waals surface area contributed by atoms with Gasteiger partial charge in [-0.25, -0.2) is 0 Å². The van der Waals surface area contributed by atoms with Crippen molar-refractivity contribution in [3.05, 3.63) is 0 Å². The third-order valence-corrected chi connectivity index (χ3v) is 1.81. The fourth-order valence-corrected chi connectivity index (χ4v) is 1.37. The van der Waals surface area contributed by atoms with Gasteiger partial charge in [0.1, 0.15) is 0 Å². The van der Waals surface area contributed by atoms with Gasteiger partial charge in [-0.2, -0.15) is 0 Å². The summed E-state index contributed by atoms with van der Waals surface area (Å²) in [5.74, 6) is 0.618. The van der Waals surface area contributed by atoms with Gasteiger partial charge in [0.15, 0.2) is 5.78 Å². The first-order chi connectivity index (χ1) is 4.70. The second-order valence-electron chi connectivity index (χ2n) is 2.30. The summed E-state index contributed by atoms with van der Waals surface area (Å²) in [6.07, 6.45) is 0. The van der Waals surface area contributed by atoms with Crippen molar-refractivity contribution >= 4 is 15.2 Å². The molecule has 0 aromatic heterocycles. The maximum atomic E-state index is 10.7. The maximum absolute atomic E-state index is 10.7. The molecule has 0 aromatic carbocycles. The van der Waals surface area contributed by atoms with E-state index in [9.17, 15) is 4.79 Å². The average molecular weight is 161 g/mol. The molecule has 60 valence electrons. The van der Waals surface area contributed by atoms with Gasteiger partial charge >= 0.3 is 0 Å². The van der Waals surface area contributed by atoms with Crippen LogP contribution in [0.5, 0.6) is 0 Å². The highest BCUT2D eigenvalue weighted by molar-refractivity contribution is 7.13. The zero-order valence-electron chi connectivity index (χ0n) is 6.92. The summed E-state index contributed by atoms with van der Waals surface area (Å²) >= 11 is 0. The summed E-state index contributed by atoms with van der Waals surface area (Å²) in [6.45, 7) is 7.49. The van der Waals surface area contributed by atoms with Crippen LogP contribution >= 0.6 is 9.39 Å². The Kier molecular flexibility index (Phi) is 4.84. The standard InChI is InChI=1S/C5H10NOP.C2H6/c1-4-2-6(8)3-5(4)7;1-2/h4H,2-3,8H2,1H3;1-2H3. The van der Waals surface area contributed by atoms with Crippen LogP contribution in [0.15, 0.2) is 0 Å². The van der Waals surface area contributed by atoms with Gasteiger partial charge in [0, 0.05) is 12.5 Å². The quantitative estimate of drug-likeness (QED) is 0.499. The summed E-state index contributed by atoms with van der Waals surface area (Å²) < 4.78 is 1.97. The largest absolute Gasteiger partial charge is 0.298 e. The lowest BCUT2D eigenvalue weighted by atomic mass is 10.1. The van der Waals surface area contributed by atoms with Gasteiger partial charge in [-0.05, 0) is 0 Å². The molecule has 2 atom stereocenters. The summed E-state index contributed by atoms with van der Waals surface area (Å²) in [7, 11) is 2.53. The van der Waals surface area contributed by atoms with Gasteiger partial charge in [-0.3, -0.25) is 9.46 Å². The van der Waals surface area contributed by atoms with Crippen LogP contribution in [0, 0.1) is 5.92 Å². The number of rotatable bonds is 0. The highest BCUT2D eigenvalue weighted by Gasteiger charge is 2.23. The highest BCUT2D eigenvalue weighted by atomic mass is 31.0. The predicted molar refractivity (Wildman–Crippen MR) is 46.8 cm³/mol. The second kappa shape index (κ2) is 4.81. The maximum Gasteiger partial charge on any atom is 0.151 e. The smallest absolute Gasteiger partial charge is 0.151 e. The van der Waals surface area contributed by atoms with E-state index in [1.165, 1.54) is 0 Å². The van der Waals surface area contributed by atoms with E-state index in [4.69, 9.17) is 0 Å². The van der Waals surface area contributed by atoms with E-state index in [0.29, 0.717) is 12.3 Å². The van der Waals surface area contributed by atoms with Crippen molar-refractivity contribution in [2.45, 2.75) is 20.8 Å². The Morgan fingerprint density at radius 2 is 2.10 bits per heavy atom. The zero-order chi connectivity index (χ0) is 8.15. The molecule has 0 spiro atoms. The SMILES string of the molecule is CC.CC1CN(P)CC1=O. The van der Waals surface area contributed by atoms with E-state index in [0.717, 1.165) is 6.54 Å². The van der Waals surface area contributed by atoms with Crippen LogP contribution in [-0.2, 0) is 4.79 Å². The van der Waals surface area contributed by atoms with Gasteiger partial charge in [-0.15, -0.1) is 0 Å². The Balaban J connectivity index is 0.000000371. The van der Waals surface area contributed by atoms with Crippen LogP contribution in [0.1, 0.15) is 20.8 Å². The zero-order valence-corrected chi connectivity index (χ0v) is 8.08. The summed E-state index contributed by atoms with van der Waals surface area (Å²) in [6, 6.07) is 0. The molecule has 0 saturated carbocycles. The van der Waals surface area contributed by atoms with Gasteiger partial charge < -0.3 is 0 Å². The third-order valence-electron chi connectivity index (χ3n) is 1.42. The second-order valence-corrected chi connectivity index (χ2v) is 3.03. The minimum Gasteiger partial charge on any atom is -0.298 e. The molecule has 1 aliphatic heterocycles. The minimum absolute atomic E-state index is 0.257. The molecular weight excluding hydrogens is 145 g/mol. The Hall–Kier alpha value is 0.0600. The van der Waals surface area contributed by atoms with E-state index >= 15 is 0 Å². The Morgan fingerprint density at radius 1 is 1.60 bits per heavy atom. The highest BCUT2D eigenvalue weighted by Crippen LogP contribution is 2.14. The van der Waals surface area contributed by atoms with Crippen molar-refractivity contribution in [1.82, 2.24) is 4.67 Å². The first-order valence-corrected chi connectivity index (χ1v) is 4.24. The van der Waals surface area contributed by atoms with Crippen LogP contribution in [0.25, 0.3) is 0 Å². The van der Waals surface area contributed by atoms with Crippen molar-refractivity contribution in [1.29, 1.82) is 0 Å². The van der Waals surface area contributed by atoms with Crippen molar-refractivity contribution < 1.29 is 4.79 Å². The molecule has 3 heteroatoms. The Labute approximate surface area is 65.2 Å². The van der Waals surface area contributed by atoms with E-state index in [1.54, 1.807) is 0 Å².